The molecule has 5 aliphatic rings. The maximum atomic E-state index is 14.0. The summed E-state index contributed by atoms with van der Waals surface area (Å²) in [4.78, 5) is 59.8. The fourth-order valence-electron chi connectivity index (χ4n) is 9.51. The first-order chi connectivity index (χ1) is 28.8. The Kier molecular flexibility index (Phi) is 11.3. The van der Waals surface area contributed by atoms with Crippen LogP contribution in [0.2, 0.25) is 0 Å². The molecule has 5 fully saturated rings. The standard InChI is InChI=1S/C43H45F3N8O5S/c1-2-26-19-31(54-41(60)53(40(58)42(54)14-4-15-42)32-21-33(43(44,45)46)35(22-47)48-23-32)9-11-36(26)59-16-13-25-17-29-7-8-30(18-25)52(29)24-38(56)50-28-6-3-5-27(20-28)49-34-10-12-37(55)51-39(34)57/h3,5-6,9,11,19-21,23,25,29-30,34,49H,2,4,7-8,10,12-18,24H2,1H3,(H,50,56)(H,51,55,57)/t25?,29-,30?,34?/m1/s1. The maximum absolute atomic E-state index is 14.0. The van der Waals surface area contributed by atoms with Crippen molar-refractivity contribution in [3.05, 3.63) is 71.5 Å². The van der Waals surface area contributed by atoms with Crippen LogP contribution >= 0.6 is 12.2 Å². The number of rotatable bonds is 12. The minimum atomic E-state index is -4.84. The molecule has 0 radical (unpaired) electrons. The quantitative estimate of drug-likeness (QED) is 0.136. The van der Waals surface area contributed by atoms with E-state index in [2.05, 4.69) is 25.8 Å². The van der Waals surface area contributed by atoms with Crippen LogP contribution in [-0.2, 0) is 31.8 Å². The summed E-state index contributed by atoms with van der Waals surface area (Å²) in [6, 6.07) is 15.2. The number of pyridine rings is 1. The molecule has 1 saturated carbocycles. The number of thiocarbonyl (C=S) groups is 1. The van der Waals surface area contributed by atoms with E-state index in [9.17, 15) is 37.6 Å². The van der Waals surface area contributed by atoms with Gasteiger partial charge < -0.3 is 20.3 Å². The number of ether oxygens (including phenoxy) is 1. The Bertz CT molecular complexity index is 2260. The molecule has 314 valence electrons. The van der Waals surface area contributed by atoms with Gasteiger partial charge in [0.15, 0.2) is 10.8 Å². The number of hydrogen-bond donors (Lipinski definition) is 3. The third-order valence-electron chi connectivity index (χ3n) is 12.6. The van der Waals surface area contributed by atoms with E-state index in [4.69, 9.17) is 17.0 Å². The zero-order chi connectivity index (χ0) is 42.3. The fraction of sp³-hybridized carbons (Fsp3) is 0.465. The van der Waals surface area contributed by atoms with Gasteiger partial charge in [0.1, 0.15) is 23.4 Å². The van der Waals surface area contributed by atoms with Crippen LogP contribution in [0.3, 0.4) is 0 Å². The van der Waals surface area contributed by atoms with Crippen LogP contribution in [0.1, 0.15) is 88.0 Å². The van der Waals surface area contributed by atoms with Crippen molar-refractivity contribution in [3.63, 3.8) is 0 Å². The molecule has 5 heterocycles. The molecule has 3 aromatic rings. The fourth-order valence-corrected chi connectivity index (χ4v) is 9.98. The number of nitrogens with one attached hydrogen (secondary N) is 3. The summed E-state index contributed by atoms with van der Waals surface area (Å²) < 4.78 is 47.9. The van der Waals surface area contributed by atoms with Gasteiger partial charge in [0, 0.05) is 35.6 Å². The average molecular weight is 843 g/mol. The largest absolute Gasteiger partial charge is 0.493 e. The molecule has 2 bridgehead atoms. The number of nitrogens with zero attached hydrogens (tertiary/aromatic N) is 5. The second kappa shape index (κ2) is 16.5. The molecule has 3 unspecified atom stereocenters. The Hall–Kier alpha value is -5.60. The highest BCUT2D eigenvalue weighted by atomic mass is 32.1. The Morgan fingerprint density at radius 2 is 1.80 bits per heavy atom. The van der Waals surface area contributed by atoms with Gasteiger partial charge in [-0.2, -0.15) is 18.4 Å². The van der Waals surface area contributed by atoms with Crippen molar-refractivity contribution in [2.75, 3.05) is 33.6 Å². The highest BCUT2D eigenvalue weighted by Crippen LogP contribution is 2.49. The van der Waals surface area contributed by atoms with Crippen molar-refractivity contribution in [2.24, 2.45) is 5.92 Å². The molecule has 1 spiro atoms. The minimum Gasteiger partial charge on any atom is -0.493 e. The third-order valence-corrected chi connectivity index (χ3v) is 13.0. The number of carbonyl (C=O) groups excluding carboxylic acids is 4. The lowest BCUT2D eigenvalue weighted by Gasteiger charge is -2.43. The number of halogens is 3. The molecule has 4 atom stereocenters. The summed E-state index contributed by atoms with van der Waals surface area (Å²) in [5, 5.41) is 17.8. The van der Waals surface area contributed by atoms with Crippen LogP contribution in [0.15, 0.2) is 54.7 Å². The first-order valence-electron chi connectivity index (χ1n) is 20.5. The van der Waals surface area contributed by atoms with Crippen LogP contribution in [0.4, 0.5) is 35.9 Å². The zero-order valence-corrected chi connectivity index (χ0v) is 33.8. The van der Waals surface area contributed by atoms with Gasteiger partial charge >= 0.3 is 6.18 Å². The first kappa shape index (κ1) is 41.1. The van der Waals surface area contributed by atoms with Gasteiger partial charge in [0.25, 0.3) is 5.91 Å². The van der Waals surface area contributed by atoms with Crippen LogP contribution in [0, 0.1) is 17.2 Å². The number of fused-ring (bicyclic) bond motifs is 2. The number of benzene rings is 2. The first-order valence-corrected chi connectivity index (χ1v) is 20.9. The predicted molar refractivity (Wildman–Crippen MR) is 220 cm³/mol. The van der Waals surface area contributed by atoms with E-state index < -0.39 is 34.9 Å². The number of hydrogen-bond acceptors (Lipinski definition) is 10. The second-order valence-electron chi connectivity index (χ2n) is 16.3. The second-order valence-corrected chi connectivity index (χ2v) is 16.7. The van der Waals surface area contributed by atoms with Gasteiger partial charge in [-0.1, -0.05) is 13.0 Å². The van der Waals surface area contributed by atoms with Gasteiger partial charge in [-0.15, -0.1) is 0 Å². The topological polar surface area (TPSA) is 160 Å². The molecule has 60 heavy (non-hydrogen) atoms. The molecule has 1 aliphatic carbocycles. The van der Waals surface area contributed by atoms with E-state index in [1.807, 2.05) is 37.3 Å². The number of amides is 4. The molecule has 17 heteroatoms. The van der Waals surface area contributed by atoms with Crippen molar-refractivity contribution in [1.82, 2.24) is 15.2 Å². The molecule has 3 N–H and O–H groups in total. The van der Waals surface area contributed by atoms with Crippen molar-refractivity contribution in [3.8, 4) is 11.8 Å². The maximum Gasteiger partial charge on any atom is 0.419 e. The summed E-state index contributed by atoms with van der Waals surface area (Å²) in [5.74, 6) is 0.0120. The predicted octanol–water partition coefficient (Wildman–Crippen LogP) is 6.46. The Morgan fingerprint density at radius 1 is 1.05 bits per heavy atom. The average Bonchev–Trinajstić information content (AvgIpc) is 3.57. The van der Waals surface area contributed by atoms with Gasteiger partial charge in [0.05, 0.1) is 30.6 Å². The van der Waals surface area contributed by atoms with E-state index in [-0.39, 0.29) is 34.9 Å². The molecular weight excluding hydrogens is 798 g/mol. The molecule has 8 rings (SSSR count). The van der Waals surface area contributed by atoms with Crippen LogP contribution in [0.25, 0.3) is 0 Å². The van der Waals surface area contributed by atoms with Crippen molar-refractivity contribution < 1.29 is 37.1 Å². The zero-order valence-electron chi connectivity index (χ0n) is 33.0. The monoisotopic (exact) mass is 842 g/mol. The highest BCUT2D eigenvalue weighted by molar-refractivity contribution is 7.81. The Morgan fingerprint density at radius 3 is 2.47 bits per heavy atom. The van der Waals surface area contributed by atoms with E-state index in [1.54, 1.807) is 17.0 Å². The SMILES string of the molecule is CCc1cc(N2C(=S)N(c3cnc(C#N)c(C(F)(F)F)c3)C(=O)C23CCC3)ccc1OCCC1CC2CC[C@H](C1)N2CC(=O)Nc1cccc(NC2CCC(=O)NC2=O)c1. The van der Waals surface area contributed by atoms with Crippen molar-refractivity contribution >= 4 is 63.7 Å². The third kappa shape index (κ3) is 7.90. The van der Waals surface area contributed by atoms with E-state index >= 15 is 0 Å². The summed E-state index contributed by atoms with van der Waals surface area (Å²) in [5.41, 5.74) is -0.279. The number of alkyl halides is 3. The molecule has 2 aromatic carbocycles. The Labute approximate surface area is 350 Å². The van der Waals surface area contributed by atoms with E-state index in [1.165, 1.54) is 6.07 Å². The number of nitriles is 1. The van der Waals surface area contributed by atoms with E-state index in [0.29, 0.717) is 73.9 Å². The summed E-state index contributed by atoms with van der Waals surface area (Å²) in [6.07, 6.45) is 4.15. The van der Waals surface area contributed by atoms with Crippen molar-refractivity contribution in [2.45, 2.75) is 107 Å². The Balaban J connectivity index is 0.863. The summed E-state index contributed by atoms with van der Waals surface area (Å²) in [7, 11) is 0. The van der Waals surface area contributed by atoms with Crippen LogP contribution in [0.5, 0.6) is 5.75 Å². The van der Waals surface area contributed by atoms with Gasteiger partial charge in [0.2, 0.25) is 17.7 Å². The number of piperidine rings is 2. The number of carbonyl (C=O) groups is 4. The van der Waals surface area contributed by atoms with Crippen LogP contribution < -0.4 is 30.5 Å². The molecule has 4 aliphatic heterocycles. The van der Waals surface area contributed by atoms with Gasteiger partial charge in [-0.3, -0.25) is 34.3 Å². The summed E-state index contributed by atoms with van der Waals surface area (Å²) in [6.45, 7) is 2.80. The van der Waals surface area contributed by atoms with Crippen molar-refractivity contribution in [1.29, 1.82) is 5.26 Å². The van der Waals surface area contributed by atoms with Gasteiger partial charge in [-0.25, -0.2) is 4.98 Å². The number of aromatic nitrogens is 1. The van der Waals surface area contributed by atoms with E-state index in [0.717, 1.165) is 67.0 Å². The molecular formula is C43H45F3N8O5S. The number of imide groups is 1. The lowest BCUT2D eigenvalue weighted by Crippen LogP contribution is -2.55. The molecule has 1 aromatic heterocycles. The highest BCUT2D eigenvalue weighted by Gasteiger charge is 2.60. The lowest BCUT2D eigenvalue weighted by molar-refractivity contribution is -0.138. The number of anilines is 4. The molecule has 4 amide bonds. The smallest absolute Gasteiger partial charge is 0.419 e. The molecule has 4 saturated heterocycles. The lowest BCUT2D eigenvalue weighted by atomic mass is 9.75. The normalized spacial score (nSPS) is 23.6. The minimum absolute atomic E-state index is 0.0574. The van der Waals surface area contributed by atoms with Gasteiger partial charge in [-0.05, 0) is 130 Å². The van der Waals surface area contributed by atoms with Crippen LogP contribution in [-0.4, -0.2) is 75.4 Å². The molecule has 13 nitrogen and oxygen atoms in total. The summed E-state index contributed by atoms with van der Waals surface area (Å²) >= 11 is 5.80. The number of aryl methyl sites for hydroxylation is 1.